The second-order valence-electron chi connectivity index (χ2n) is 10.6. The van der Waals surface area contributed by atoms with Crippen LogP contribution in [0.15, 0.2) is 42.5 Å². The fourth-order valence-electron chi connectivity index (χ4n) is 7.41. The first kappa shape index (κ1) is 23.8. The highest BCUT2D eigenvalue weighted by Gasteiger charge is 2.75. The fourth-order valence-corrected chi connectivity index (χ4v) is 7.41. The third kappa shape index (κ3) is 2.41. The van der Waals surface area contributed by atoms with Crippen molar-refractivity contribution in [3.05, 3.63) is 81.4 Å². The molecule has 6 atom stereocenters. The van der Waals surface area contributed by atoms with E-state index in [0.29, 0.717) is 11.1 Å². The van der Waals surface area contributed by atoms with Crippen molar-refractivity contribution < 1.29 is 44.7 Å². The molecule has 1 saturated carbocycles. The molecule has 3 aliphatic carbocycles. The van der Waals surface area contributed by atoms with Gasteiger partial charge in [0.1, 0.15) is 34.6 Å². The van der Waals surface area contributed by atoms with Crippen LogP contribution < -0.4 is 5.32 Å². The highest BCUT2D eigenvalue weighted by atomic mass is 16.5. The molecule has 3 aromatic rings. The molecule has 4 bridgehead atoms. The lowest BCUT2D eigenvalue weighted by atomic mass is 9.47. The molecule has 10 heteroatoms. The van der Waals surface area contributed by atoms with Crippen molar-refractivity contribution in [1.82, 2.24) is 0 Å². The smallest absolute Gasteiger partial charge is 0.202 e. The molecular weight excluding hydrogens is 506 g/mol. The first-order chi connectivity index (χ1) is 18.5. The first-order valence-corrected chi connectivity index (χ1v) is 12.4. The van der Waals surface area contributed by atoms with Crippen LogP contribution in [0.2, 0.25) is 0 Å². The third-order valence-corrected chi connectivity index (χ3v) is 9.14. The van der Waals surface area contributed by atoms with Gasteiger partial charge in [-0.15, -0.1) is 0 Å². The molecular formula is C29H23NO9. The zero-order chi connectivity index (χ0) is 27.8. The van der Waals surface area contributed by atoms with E-state index in [0.717, 1.165) is 18.2 Å². The number of hydrogen-bond donors (Lipinski definition) is 6. The van der Waals surface area contributed by atoms with Crippen LogP contribution in [0, 0.1) is 5.92 Å². The number of aliphatic hydroxyl groups is 2. The standard InChI is InChI=1S/C29H23NO9/c1-10-23(34)26(39-2)21-11-5-3-4-6-12(11)27-28(10,37)29(21,38)13-9-16(33)19-20(22(13)30-27)25(36)18-15(32)8-7-14(31)17(18)24(19)35/h3-10,21,26-27,30-33,37-38H,1-2H3. The van der Waals surface area contributed by atoms with Crippen LogP contribution >= 0.6 is 0 Å². The van der Waals surface area contributed by atoms with E-state index in [9.17, 15) is 39.9 Å². The number of carbonyl (C=O) groups is 3. The highest BCUT2D eigenvalue weighted by molar-refractivity contribution is 6.33. The summed E-state index contributed by atoms with van der Waals surface area (Å²) >= 11 is 0. The van der Waals surface area contributed by atoms with Crippen LogP contribution in [-0.4, -0.2) is 61.7 Å². The maximum absolute atomic E-state index is 13.9. The van der Waals surface area contributed by atoms with E-state index in [1.54, 1.807) is 24.3 Å². The van der Waals surface area contributed by atoms with Crippen LogP contribution in [0.3, 0.4) is 0 Å². The van der Waals surface area contributed by atoms with Gasteiger partial charge in [-0.05, 0) is 29.3 Å². The number of phenolic OH excluding ortho intramolecular Hbond substituents is 3. The van der Waals surface area contributed by atoms with Gasteiger partial charge < -0.3 is 35.6 Å². The summed E-state index contributed by atoms with van der Waals surface area (Å²) in [4.78, 5) is 40.9. The second-order valence-corrected chi connectivity index (χ2v) is 10.6. The summed E-state index contributed by atoms with van der Waals surface area (Å²) in [6.45, 7) is 1.49. The number of ketones is 3. The van der Waals surface area contributed by atoms with Crippen molar-refractivity contribution >= 4 is 23.0 Å². The summed E-state index contributed by atoms with van der Waals surface area (Å²) in [5.74, 6) is -6.19. The molecule has 10 nitrogen and oxygen atoms in total. The van der Waals surface area contributed by atoms with Gasteiger partial charge in [-0.1, -0.05) is 31.2 Å². The summed E-state index contributed by atoms with van der Waals surface area (Å²) in [7, 11) is 1.33. The Morgan fingerprint density at radius 2 is 1.38 bits per heavy atom. The van der Waals surface area contributed by atoms with Crippen LogP contribution in [0.1, 0.15) is 67.4 Å². The van der Waals surface area contributed by atoms with Crippen molar-refractivity contribution in [3.63, 3.8) is 0 Å². The van der Waals surface area contributed by atoms with Crippen LogP contribution in [0.4, 0.5) is 5.69 Å². The normalized spacial score (nSPS) is 31.5. The molecule has 198 valence electrons. The second kappa shape index (κ2) is 7.23. The van der Waals surface area contributed by atoms with E-state index in [1.807, 2.05) is 0 Å². The number of benzene rings is 3. The highest BCUT2D eigenvalue weighted by Crippen LogP contribution is 2.67. The molecule has 0 aromatic heterocycles. The maximum atomic E-state index is 13.9. The van der Waals surface area contributed by atoms with Crippen molar-refractivity contribution in [3.8, 4) is 17.2 Å². The Bertz CT molecular complexity index is 1700. The van der Waals surface area contributed by atoms with Gasteiger partial charge in [0.05, 0.1) is 45.8 Å². The Hall–Kier alpha value is -4.25. The molecule has 39 heavy (non-hydrogen) atoms. The molecule has 0 radical (unpaired) electrons. The topological polar surface area (TPSA) is 174 Å². The zero-order valence-electron chi connectivity index (χ0n) is 20.7. The lowest BCUT2D eigenvalue weighted by Gasteiger charge is -2.65. The van der Waals surface area contributed by atoms with Gasteiger partial charge in [0.2, 0.25) is 11.6 Å². The number of Topliss-reactive ketones (excluding diaryl/α,β-unsaturated/α-hetero) is 1. The Labute approximate surface area is 221 Å². The number of nitrogens with one attached hydrogen (secondary N) is 1. The lowest BCUT2D eigenvalue weighted by Crippen LogP contribution is -2.75. The van der Waals surface area contributed by atoms with Crippen molar-refractivity contribution in [1.29, 1.82) is 0 Å². The van der Waals surface area contributed by atoms with Crippen molar-refractivity contribution in [2.45, 2.75) is 36.2 Å². The van der Waals surface area contributed by atoms with E-state index in [4.69, 9.17) is 4.74 Å². The SMILES string of the molecule is COC1C(=O)C(C)C2(O)C3Nc4c(cc(O)c5c4C(=O)c4c(O)ccc(O)c4C5=O)C2(O)C1c1ccccc13. The average molecular weight is 530 g/mol. The summed E-state index contributed by atoms with van der Waals surface area (Å²) in [6, 6.07) is 9.09. The summed E-state index contributed by atoms with van der Waals surface area (Å²) < 4.78 is 5.60. The number of fused-ring (bicyclic) bond motifs is 7. The average Bonchev–Trinajstić information content (AvgIpc) is 2.91. The number of ether oxygens (including phenoxy) is 1. The van der Waals surface area contributed by atoms with Gasteiger partial charge in [-0.2, -0.15) is 0 Å². The monoisotopic (exact) mass is 529 g/mol. The number of phenols is 3. The number of anilines is 1. The third-order valence-electron chi connectivity index (χ3n) is 9.14. The minimum Gasteiger partial charge on any atom is -0.507 e. The number of rotatable bonds is 1. The number of carbonyl (C=O) groups excluding carboxylic acids is 3. The largest absolute Gasteiger partial charge is 0.507 e. The number of hydrogen-bond acceptors (Lipinski definition) is 10. The zero-order valence-corrected chi connectivity index (χ0v) is 20.7. The Kier molecular flexibility index (Phi) is 4.42. The molecule has 1 heterocycles. The molecule has 6 N–H and O–H groups in total. The molecule has 0 saturated heterocycles. The van der Waals surface area contributed by atoms with Crippen molar-refractivity contribution in [2.24, 2.45) is 5.92 Å². The van der Waals surface area contributed by atoms with Gasteiger partial charge in [0.15, 0.2) is 5.78 Å². The van der Waals surface area contributed by atoms with Gasteiger partial charge in [-0.25, -0.2) is 0 Å². The molecule has 0 spiro atoms. The first-order valence-electron chi connectivity index (χ1n) is 12.4. The molecule has 3 aromatic carbocycles. The predicted octanol–water partition coefficient (Wildman–Crippen LogP) is 2.00. The minimum atomic E-state index is -2.25. The minimum absolute atomic E-state index is 0.0253. The predicted molar refractivity (Wildman–Crippen MR) is 134 cm³/mol. The number of aromatic hydroxyl groups is 3. The molecule has 0 amide bonds. The Morgan fingerprint density at radius 3 is 2.00 bits per heavy atom. The van der Waals surface area contributed by atoms with E-state index in [-0.39, 0.29) is 16.8 Å². The Morgan fingerprint density at radius 1 is 0.821 bits per heavy atom. The van der Waals surface area contributed by atoms with Gasteiger partial charge in [0.25, 0.3) is 0 Å². The van der Waals surface area contributed by atoms with E-state index >= 15 is 0 Å². The maximum Gasteiger partial charge on any atom is 0.202 e. The van der Waals surface area contributed by atoms with Crippen LogP contribution in [0.5, 0.6) is 17.2 Å². The molecule has 7 rings (SSSR count). The fraction of sp³-hybridized carbons (Fsp3) is 0.276. The van der Waals surface area contributed by atoms with Crippen molar-refractivity contribution in [2.75, 3.05) is 12.4 Å². The van der Waals surface area contributed by atoms with Gasteiger partial charge in [0, 0.05) is 12.7 Å². The number of methoxy groups -OCH3 is 1. The summed E-state index contributed by atoms with van der Waals surface area (Å²) in [5.41, 5.74) is -5.01. The molecule has 1 fully saturated rings. The van der Waals surface area contributed by atoms with Gasteiger partial charge >= 0.3 is 0 Å². The lowest BCUT2D eigenvalue weighted by molar-refractivity contribution is -0.248. The van der Waals surface area contributed by atoms with Crippen LogP contribution in [-0.2, 0) is 15.1 Å². The molecule has 4 aliphatic rings. The Balaban J connectivity index is 1.60. The summed E-state index contributed by atoms with van der Waals surface area (Å²) in [6.07, 6.45) is -1.17. The summed E-state index contributed by atoms with van der Waals surface area (Å²) in [5, 5.41) is 60.2. The molecule has 6 unspecified atom stereocenters. The van der Waals surface area contributed by atoms with E-state index in [1.165, 1.54) is 14.0 Å². The van der Waals surface area contributed by atoms with E-state index < -0.39 is 86.5 Å². The van der Waals surface area contributed by atoms with Crippen LogP contribution in [0.25, 0.3) is 0 Å². The van der Waals surface area contributed by atoms with E-state index in [2.05, 4.69) is 5.32 Å². The quantitative estimate of drug-likeness (QED) is 0.200. The molecule has 1 aliphatic heterocycles. The van der Waals surface area contributed by atoms with Gasteiger partial charge in [-0.3, -0.25) is 14.4 Å².